The lowest BCUT2D eigenvalue weighted by atomic mass is 9.81. The fourth-order valence-corrected chi connectivity index (χ4v) is 3.35. The molecule has 2 rings (SSSR count). The van der Waals surface area contributed by atoms with Crippen molar-refractivity contribution in [3.63, 3.8) is 0 Å². The first-order chi connectivity index (χ1) is 7.67. The van der Waals surface area contributed by atoms with Crippen LogP contribution < -0.4 is 0 Å². The highest BCUT2D eigenvalue weighted by molar-refractivity contribution is 5.72. The molecule has 2 bridgehead atoms. The van der Waals surface area contributed by atoms with Gasteiger partial charge in [0, 0.05) is 12.1 Å². The van der Waals surface area contributed by atoms with Crippen molar-refractivity contribution in [1.82, 2.24) is 4.90 Å². The molecule has 4 nitrogen and oxygen atoms in total. The standard InChI is InChI=1S/C12H21NO3/c1-13-9-3-4-10(13)6-8(5-9)11(7-14)12(15)16-2/h8-11,14H,3-7H2,1-2H3. The van der Waals surface area contributed by atoms with E-state index in [2.05, 4.69) is 11.9 Å². The zero-order chi connectivity index (χ0) is 11.7. The Morgan fingerprint density at radius 2 is 2.00 bits per heavy atom. The summed E-state index contributed by atoms with van der Waals surface area (Å²) in [6.45, 7) is -0.0828. The van der Waals surface area contributed by atoms with Gasteiger partial charge in [-0.2, -0.15) is 0 Å². The Hall–Kier alpha value is -0.610. The molecule has 1 N–H and O–H groups in total. The van der Waals surface area contributed by atoms with Crippen molar-refractivity contribution in [1.29, 1.82) is 0 Å². The van der Waals surface area contributed by atoms with E-state index in [4.69, 9.17) is 4.74 Å². The number of hydrogen-bond donors (Lipinski definition) is 1. The Kier molecular flexibility index (Phi) is 3.50. The third-order valence-corrected chi connectivity index (χ3v) is 4.40. The molecule has 0 aliphatic carbocycles. The van der Waals surface area contributed by atoms with Gasteiger partial charge in [-0.25, -0.2) is 0 Å². The molecule has 2 aliphatic rings. The minimum Gasteiger partial charge on any atom is -0.469 e. The van der Waals surface area contributed by atoms with Crippen LogP contribution >= 0.6 is 0 Å². The molecule has 3 unspecified atom stereocenters. The molecular weight excluding hydrogens is 206 g/mol. The maximum Gasteiger partial charge on any atom is 0.311 e. The number of aliphatic hydroxyl groups excluding tert-OH is 1. The van der Waals surface area contributed by atoms with E-state index in [-0.39, 0.29) is 18.5 Å². The summed E-state index contributed by atoms with van der Waals surface area (Å²) in [5.74, 6) is -0.274. The Labute approximate surface area is 96.6 Å². The van der Waals surface area contributed by atoms with Gasteiger partial charge in [0.05, 0.1) is 19.6 Å². The first kappa shape index (κ1) is 11.9. The number of methoxy groups -OCH3 is 1. The van der Waals surface area contributed by atoms with Gasteiger partial charge in [0.1, 0.15) is 0 Å². The van der Waals surface area contributed by atoms with Gasteiger partial charge in [0.25, 0.3) is 0 Å². The van der Waals surface area contributed by atoms with Crippen molar-refractivity contribution in [3.8, 4) is 0 Å². The van der Waals surface area contributed by atoms with Gasteiger partial charge in [-0.05, 0) is 38.6 Å². The van der Waals surface area contributed by atoms with Gasteiger partial charge in [-0.3, -0.25) is 4.79 Å². The molecule has 0 aromatic heterocycles. The largest absolute Gasteiger partial charge is 0.469 e. The Morgan fingerprint density at radius 1 is 1.44 bits per heavy atom. The SMILES string of the molecule is COC(=O)C(CO)C1CC2CCC(C1)N2C. The molecule has 2 heterocycles. The Balaban J connectivity index is 2.03. The zero-order valence-electron chi connectivity index (χ0n) is 10.1. The third kappa shape index (κ3) is 1.96. The number of hydrogen-bond acceptors (Lipinski definition) is 4. The normalized spacial score (nSPS) is 36.1. The van der Waals surface area contributed by atoms with Gasteiger partial charge in [-0.15, -0.1) is 0 Å². The number of carbonyl (C=O) groups is 1. The van der Waals surface area contributed by atoms with Crippen molar-refractivity contribution >= 4 is 5.97 Å². The average Bonchev–Trinajstić information content (AvgIpc) is 2.54. The van der Waals surface area contributed by atoms with Crippen LogP contribution in [0.25, 0.3) is 0 Å². The first-order valence-electron chi connectivity index (χ1n) is 6.08. The van der Waals surface area contributed by atoms with Crippen molar-refractivity contribution in [3.05, 3.63) is 0 Å². The molecule has 2 fully saturated rings. The molecule has 16 heavy (non-hydrogen) atoms. The Bertz CT molecular complexity index is 255. The van der Waals surface area contributed by atoms with Gasteiger partial charge in [0.2, 0.25) is 0 Å². The summed E-state index contributed by atoms with van der Waals surface area (Å²) in [4.78, 5) is 14.0. The molecule has 0 aromatic rings. The van der Waals surface area contributed by atoms with Gasteiger partial charge < -0.3 is 14.7 Å². The maximum absolute atomic E-state index is 11.6. The highest BCUT2D eigenvalue weighted by Gasteiger charge is 2.42. The molecule has 2 aliphatic heterocycles. The summed E-state index contributed by atoms with van der Waals surface area (Å²) in [7, 11) is 3.57. The molecule has 3 atom stereocenters. The summed E-state index contributed by atoms with van der Waals surface area (Å²) >= 11 is 0. The van der Waals surface area contributed by atoms with E-state index < -0.39 is 0 Å². The second-order valence-corrected chi connectivity index (χ2v) is 5.09. The van der Waals surface area contributed by atoms with Gasteiger partial charge in [0.15, 0.2) is 0 Å². The summed E-state index contributed by atoms with van der Waals surface area (Å²) < 4.78 is 4.76. The van der Waals surface area contributed by atoms with Crippen LogP contribution in [0.15, 0.2) is 0 Å². The summed E-state index contributed by atoms with van der Waals surface area (Å²) in [6.07, 6.45) is 4.51. The smallest absolute Gasteiger partial charge is 0.311 e. The molecule has 0 aromatic carbocycles. The molecular formula is C12H21NO3. The van der Waals surface area contributed by atoms with Crippen molar-refractivity contribution in [2.24, 2.45) is 11.8 Å². The lowest BCUT2D eigenvalue weighted by molar-refractivity contribution is -0.150. The molecule has 0 saturated carbocycles. The minimum absolute atomic E-state index is 0.0828. The fraction of sp³-hybridized carbons (Fsp3) is 0.917. The van der Waals surface area contributed by atoms with Crippen LogP contribution in [0.3, 0.4) is 0 Å². The van der Waals surface area contributed by atoms with Crippen LogP contribution in [0.5, 0.6) is 0 Å². The molecule has 0 spiro atoms. The van der Waals surface area contributed by atoms with E-state index in [1.165, 1.54) is 20.0 Å². The predicted molar refractivity (Wildman–Crippen MR) is 59.9 cm³/mol. The number of piperidine rings is 1. The maximum atomic E-state index is 11.6. The number of esters is 1. The minimum atomic E-state index is -0.318. The van der Waals surface area contributed by atoms with Crippen LogP contribution in [0, 0.1) is 11.8 Å². The number of ether oxygens (including phenoxy) is 1. The van der Waals surface area contributed by atoms with Crippen molar-refractivity contribution < 1.29 is 14.6 Å². The zero-order valence-corrected chi connectivity index (χ0v) is 10.1. The average molecular weight is 227 g/mol. The first-order valence-corrected chi connectivity index (χ1v) is 6.08. The molecule has 92 valence electrons. The van der Waals surface area contributed by atoms with Crippen LogP contribution in [0.4, 0.5) is 0 Å². The molecule has 2 saturated heterocycles. The van der Waals surface area contributed by atoms with Crippen LogP contribution in [0.2, 0.25) is 0 Å². The van der Waals surface area contributed by atoms with E-state index in [9.17, 15) is 9.90 Å². The lowest BCUT2D eigenvalue weighted by Gasteiger charge is -2.38. The van der Waals surface area contributed by atoms with Crippen molar-refractivity contribution in [2.75, 3.05) is 20.8 Å². The summed E-state index contributed by atoms with van der Waals surface area (Å²) in [6, 6.07) is 1.20. The topological polar surface area (TPSA) is 49.8 Å². The fourth-order valence-electron chi connectivity index (χ4n) is 3.35. The highest BCUT2D eigenvalue weighted by atomic mass is 16.5. The Morgan fingerprint density at radius 3 is 2.44 bits per heavy atom. The lowest BCUT2D eigenvalue weighted by Crippen LogP contribution is -2.44. The number of nitrogens with zero attached hydrogens (tertiary/aromatic N) is 1. The van der Waals surface area contributed by atoms with Crippen LogP contribution in [-0.4, -0.2) is 48.8 Å². The number of carbonyl (C=O) groups excluding carboxylic acids is 1. The van der Waals surface area contributed by atoms with Crippen molar-refractivity contribution in [2.45, 2.75) is 37.8 Å². The summed E-state index contributed by atoms with van der Waals surface area (Å²) in [5.41, 5.74) is 0. The second kappa shape index (κ2) is 4.72. The van der Waals surface area contributed by atoms with E-state index >= 15 is 0 Å². The quantitative estimate of drug-likeness (QED) is 0.719. The summed E-state index contributed by atoms with van der Waals surface area (Å²) in [5, 5.41) is 9.32. The number of fused-ring (bicyclic) bond motifs is 2. The third-order valence-electron chi connectivity index (χ3n) is 4.40. The van der Waals surface area contributed by atoms with E-state index in [0.29, 0.717) is 18.0 Å². The van der Waals surface area contributed by atoms with E-state index in [0.717, 1.165) is 12.8 Å². The van der Waals surface area contributed by atoms with Crippen LogP contribution in [-0.2, 0) is 9.53 Å². The second-order valence-electron chi connectivity index (χ2n) is 5.09. The van der Waals surface area contributed by atoms with E-state index in [1.807, 2.05) is 0 Å². The van der Waals surface area contributed by atoms with Gasteiger partial charge >= 0.3 is 5.97 Å². The van der Waals surface area contributed by atoms with Gasteiger partial charge in [-0.1, -0.05) is 0 Å². The monoisotopic (exact) mass is 227 g/mol. The number of aliphatic hydroxyl groups is 1. The highest BCUT2D eigenvalue weighted by Crippen LogP contribution is 2.40. The number of rotatable bonds is 3. The predicted octanol–water partition coefficient (Wildman–Crippen LogP) is 0.641. The molecule has 4 heteroatoms. The molecule has 0 radical (unpaired) electrons. The van der Waals surface area contributed by atoms with E-state index in [1.54, 1.807) is 0 Å². The van der Waals surface area contributed by atoms with Crippen LogP contribution in [0.1, 0.15) is 25.7 Å². The molecule has 0 amide bonds.